The second-order valence-electron chi connectivity index (χ2n) is 11.5. The number of hydrogen-bond acceptors (Lipinski definition) is 5. The van der Waals surface area contributed by atoms with Crippen LogP contribution in [-0.2, 0) is 19.1 Å². The number of amides is 3. The van der Waals surface area contributed by atoms with E-state index in [2.05, 4.69) is 13.2 Å². The number of carbonyl (C=O) groups excluding carboxylic acids is 3. The molecule has 0 aromatic rings. The van der Waals surface area contributed by atoms with Gasteiger partial charge in [0.15, 0.2) is 0 Å². The van der Waals surface area contributed by atoms with Gasteiger partial charge in [0.2, 0.25) is 17.7 Å². The number of rotatable bonds is 11. The summed E-state index contributed by atoms with van der Waals surface area (Å²) in [6, 6.07) is -1.60. The lowest BCUT2D eigenvalue weighted by molar-refractivity contribution is -0.159. The number of likely N-dealkylation sites (tertiary alicyclic amines) is 1. The molecule has 3 aliphatic rings. The summed E-state index contributed by atoms with van der Waals surface area (Å²) in [6.45, 7) is 19.8. The van der Waals surface area contributed by atoms with Gasteiger partial charge in [-0.05, 0) is 39.0 Å². The van der Waals surface area contributed by atoms with Gasteiger partial charge in [0.05, 0.1) is 30.1 Å². The number of ether oxygens (including phenoxy) is 1. The first kappa shape index (κ1) is 28.4. The highest BCUT2D eigenvalue weighted by atomic mass is 16.5. The molecule has 1 N–H and O–H groups in total. The smallest absolute Gasteiger partial charge is 0.248 e. The summed E-state index contributed by atoms with van der Waals surface area (Å²) in [7, 11) is 1.71. The number of likely N-dealkylation sites (N-methyl/N-ethyl adjacent to an activating group) is 1. The van der Waals surface area contributed by atoms with E-state index in [0.29, 0.717) is 19.5 Å². The molecule has 1 spiro atoms. The average molecular weight is 504 g/mol. The normalized spacial score (nSPS) is 34.5. The molecule has 8 heteroatoms. The molecule has 0 aliphatic carbocycles. The van der Waals surface area contributed by atoms with Crippen molar-refractivity contribution in [2.45, 2.75) is 83.7 Å². The molecule has 0 radical (unpaired) electrons. The first-order chi connectivity index (χ1) is 16.9. The SMILES string of the molecule is C=CCN(C)C(=O)[C@H]1[C@H]2C(=O)N([C@@H](CO)[C@@H](C)CC)C(C(=O)N(CC=C)C(C)C)C23CC(C)[C@]1(C)O3. The van der Waals surface area contributed by atoms with Crippen molar-refractivity contribution in [2.24, 2.45) is 23.7 Å². The predicted octanol–water partition coefficient (Wildman–Crippen LogP) is 2.47. The van der Waals surface area contributed by atoms with Gasteiger partial charge >= 0.3 is 0 Å². The van der Waals surface area contributed by atoms with Crippen molar-refractivity contribution in [3.8, 4) is 0 Å². The molecule has 3 unspecified atom stereocenters. The highest BCUT2D eigenvalue weighted by Gasteiger charge is 2.80. The van der Waals surface area contributed by atoms with Gasteiger partial charge in [0, 0.05) is 26.2 Å². The molecule has 8 atom stereocenters. The van der Waals surface area contributed by atoms with Crippen molar-refractivity contribution in [2.75, 3.05) is 26.7 Å². The highest BCUT2D eigenvalue weighted by Crippen LogP contribution is 2.66. The van der Waals surface area contributed by atoms with Crippen LogP contribution in [0.1, 0.15) is 54.4 Å². The maximum atomic E-state index is 14.4. The number of aliphatic hydroxyl groups excluding tert-OH is 1. The lowest BCUT2D eigenvalue weighted by atomic mass is 9.62. The van der Waals surface area contributed by atoms with E-state index < -0.39 is 35.1 Å². The molecule has 3 fully saturated rings. The molecule has 0 aromatic carbocycles. The molecule has 0 saturated carbocycles. The third-order valence-electron chi connectivity index (χ3n) is 9.11. The number of aliphatic hydroxyl groups is 1. The number of hydrogen-bond donors (Lipinski definition) is 1. The van der Waals surface area contributed by atoms with Gasteiger partial charge in [0.1, 0.15) is 11.6 Å². The van der Waals surface area contributed by atoms with Gasteiger partial charge in [-0.15, -0.1) is 13.2 Å². The van der Waals surface area contributed by atoms with Crippen molar-refractivity contribution in [3.05, 3.63) is 25.3 Å². The predicted molar refractivity (Wildman–Crippen MR) is 139 cm³/mol. The molecule has 3 saturated heterocycles. The summed E-state index contributed by atoms with van der Waals surface area (Å²) in [5, 5.41) is 10.5. The molecule has 0 aromatic heterocycles. The summed E-state index contributed by atoms with van der Waals surface area (Å²) >= 11 is 0. The Morgan fingerprint density at radius 1 is 1.22 bits per heavy atom. The zero-order chi connectivity index (χ0) is 27.2. The maximum Gasteiger partial charge on any atom is 0.248 e. The Kier molecular flexibility index (Phi) is 8.11. The summed E-state index contributed by atoms with van der Waals surface area (Å²) in [5.41, 5.74) is -2.00. The fraction of sp³-hybridized carbons (Fsp3) is 0.750. The van der Waals surface area contributed by atoms with E-state index in [1.54, 1.807) is 33.9 Å². The van der Waals surface area contributed by atoms with Gasteiger partial charge in [-0.2, -0.15) is 0 Å². The zero-order valence-corrected chi connectivity index (χ0v) is 23.1. The third kappa shape index (κ3) is 4.01. The lowest BCUT2D eigenvalue weighted by Crippen LogP contribution is -2.60. The minimum absolute atomic E-state index is 0.0361. The maximum absolute atomic E-state index is 14.4. The van der Waals surface area contributed by atoms with Gasteiger partial charge < -0.3 is 24.5 Å². The molecule has 8 nitrogen and oxygen atoms in total. The second-order valence-corrected chi connectivity index (χ2v) is 11.5. The first-order valence-electron chi connectivity index (χ1n) is 13.3. The van der Waals surface area contributed by atoms with Crippen LogP contribution in [-0.4, -0.2) is 93.6 Å². The molecule has 3 aliphatic heterocycles. The molecule has 2 bridgehead atoms. The Hall–Kier alpha value is -2.19. The van der Waals surface area contributed by atoms with Crippen LogP contribution in [0.5, 0.6) is 0 Å². The quantitative estimate of drug-likeness (QED) is 0.438. The number of carbonyl (C=O) groups is 3. The summed E-state index contributed by atoms with van der Waals surface area (Å²) in [6.07, 6.45) is 4.57. The van der Waals surface area contributed by atoms with Crippen LogP contribution in [0.3, 0.4) is 0 Å². The summed E-state index contributed by atoms with van der Waals surface area (Å²) in [5.74, 6) is -2.24. The highest BCUT2D eigenvalue weighted by molar-refractivity contribution is 5.99. The van der Waals surface area contributed by atoms with Crippen LogP contribution in [0.2, 0.25) is 0 Å². The van der Waals surface area contributed by atoms with E-state index in [1.807, 2.05) is 41.5 Å². The molecule has 3 amide bonds. The van der Waals surface area contributed by atoms with Crippen molar-refractivity contribution >= 4 is 17.7 Å². The largest absolute Gasteiger partial charge is 0.394 e. The Labute approximate surface area is 216 Å². The van der Waals surface area contributed by atoms with Crippen molar-refractivity contribution < 1.29 is 24.2 Å². The third-order valence-corrected chi connectivity index (χ3v) is 9.11. The van der Waals surface area contributed by atoms with Gasteiger partial charge in [0.25, 0.3) is 0 Å². The summed E-state index contributed by atoms with van der Waals surface area (Å²) < 4.78 is 6.81. The molecular formula is C28H45N3O5. The summed E-state index contributed by atoms with van der Waals surface area (Å²) in [4.78, 5) is 47.3. The topological polar surface area (TPSA) is 90.4 Å². The molecular weight excluding hydrogens is 458 g/mol. The minimum atomic E-state index is -1.13. The van der Waals surface area contributed by atoms with Gasteiger partial charge in [-0.25, -0.2) is 0 Å². The van der Waals surface area contributed by atoms with Crippen LogP contribution in [0, 0.1) is 23.7 Å². The van der Waals surface area contributed by atoms with E-state index >= 15 is 0 Å². The Morgan fingerprint density at radius 3 is 2.33 bits per heavy atom. The fourth-order valence-electron chi connectivity index (χ4n) is 6.88. The van der Waals surface area contributed by atoms with Gasteiger partial charge in [-0.3, -0.25) is 14.4 Å². The van der Waals surface area contributed by atoms with Gasteiger partial charge in [-0.1, -0.05) is 39.3 Å². The molecule has 3 rings (SSSR count). The number of nitrogens with zero attached hydrogens (tertiary/aromatic N) is 3. The molecule has 3 heterocycles. The van der Waals surface area contributed by atoms with E-state index in [-0.39, 0.29) is 42.2 Å². The number of fused-ring (bicyclic) bond motifs is 1. The Morgan fingerprint density at radius 2 is 1.83 bits per heavy atom. The van der Waals surface area contributed by atoms with E-state index in [9.17, 15) is 19.5 Å². The standard InChI is InChI=1S/C28H45N3O5/c1-10-13-29(9)24(33)21-22-25(34)31(20(16-32)18(6)12-3)23(26(35)30(14-11-2)17(4)5)28(22)15-19(7)27(21,8)36-28/h10-11,17-23,32H,1-2,12-16H2,3-9H3/t18-,19?,20-,21+,22-,23?,27-,28?/m0/s1. The van der Waals surface area contributed by atoms with Crippen LogP contribution in [0.25, 0.3) is 0 Å². The Balaban J connectivity index is 2.22. The van der Waals surface area contributed by atoms with Crippen LogP contribution in [0.15, 0.2) is 25.3 Å². The molecule has 202 valence electrons. The second kappa shape index (κ2) is 10.3. The van der Waals surface area contributed by atoms with E-state index in [4.69, 9.17) is 4.74 Å². The van der Waals surface area contributed by atoms with E-state index in [1.165, 1.54) is 0 Å². The Bertz CT molecular complexity index is 906. The van der Waals surface area contributed by atoms with Crippen LogP contribution >= 0.6 is 0 Å². The zero-order valence-electron chi connectivity index (χ0n) is 23.1. The average Bonchev–Trinajstić information content (AvgIpc) is 3.34. The van der Waals surface area contributed by atoms with E-state index in [0.717, 1.165) is 6.42 Å². The lowest BCUT2D eigenvalue weighted by Gasteiger charge is -2.42. The minimum Gasteiger partial charge on any atom is -0.394 e. The van der Waals surface area contributed by atoms with Crippen molar-refractivity contribution in [3.63, 3.8) is 0 Å². The first-order valence-corrected chi connectivity index (χ1v) is 13.3. The molecule has 36 heavy (non-hydrogen) atoms. The fourth-order valence-corrected chi connectivity index (χ4v) is 6.88. The van der Waals surface area contributed by atoms with Crippen LogP contribution in [0.4, 0.5) is 0 Å². The van der Waals surface area contributed by atoms with Crippen molar-refractivity contribution in [1.82, 2.24) is 14.7 Å². The van der Waals surface area contributed by atoms with Crippen molar-refractivity contribution in [1.29, 1.82) is 0 Å². The monoisotopic (exact) mass is 503 g/mol. The van der Waals surface area contributed by atoms with Crippen LogP contribution < -0.4 is 0 Å².